The summed E-state index contributed by atoms with van der Waals surface area (Å²) >= 11 is 1.27. The zero-order chi connectivity index (χ0) is 21.0. The molecule has 0 saturated heterocycles. The summed E-state index contributed by atoms with van der Waals surface area (Å²) in [7, 11) is 2.83. The van der Waals surface area contributed by atoms with Crippen molar-refractivity contribution in [3.05, 3.63) is 62.5 Å². The molecular weight excluding hydrogens is 394 g/mol. The maximum Gasteiger partial charge on any atom is 0.266 e. The third-order valence-corrected chi connectivity index (χ3v) is 4.90. The number of nitriles is 1. The lowest BCUT2D eigenvalue weighted by atomic mass is 10.1. The first-order valence-electron chi connectivity index (χ1n) is 8.22. The largest absolute Gasteiger partial charge is 0.865 e. The predicted molar refractivity (Wildman–Crippen MR) is 107 cm³/mol. The van der Waals surface area contributed by atoms with Gasteiger partial charge in [-0.05, 0) is 42.0 Å². The molecule has 146 valence electrons. The SMILES string of the molecule is COc1ccc(-c2csc(C(C#N)=Cc3cc(OC)c([O-])c([N+](=O)[O-])c3)n2)cc1. The Labute approximate surface area is 170 Å². The molecule has 0 atom stereocenters. The number of nitro benzene ring substituents is 1. The summed E-state index contributed by atoms with van der Waals surface area (Å²) in [5.74, 6) is -0.260. The zero-order valence-electron chi connectivity index (χ0n) is 15.4. The standard InChI is InChI=1S/C20H15N3O5S/c1-27-15-5-3-13(4-6-15)16-11-29-20(22-16)14(10-21)7-12-8-17(23(25)26)19(24)18(9-12)28-2/h3-9,11,24H,1-2H3/p-1. The van der Waals surface area contributed by atoms with E-state index in [-0.39, 0.29) is 11.3 Å². The minimum Gasteiger partial charge on any atom is -0.865 e. The Bertz CT molecular complexity index is 1130. The van der Waals surface area contributed by atoms with Crippen molar-refractivity contribution in [2.75, 3.05) is 14.2 Å². The van der Waals surface area contributed by atoms with Gasteiger partial charge in [0.2, 0.25) is 0 Å². The Morgan fingerprint density at radius 1 is 1.24 bits per heavy atom. The summed E-state index contributed by atoms with van der Waals surface area (Å²) < 4.78 is 10.1. The van der Waals surface area contributed by atoms with Crippen LogP contribution in [-0.2, 0) is 0 Å². The van der Waals surface area contributed by atoms with E-state index < -0.39 is 16.4 Å². The first-order chi connectivity index (χ1) is 14.0. The van der Waals surface area contributed by atoms with Gasteiger partial charge in [0.15, 0.2) is 0 Å². The lowest BCUT2D eigenvalue weighted by Gasteiger charge is -2.13. The van der Waals surface area contributed by atoms with Crippen LogP contribution in [0.3, 0.4) is 0 Å². The van der Waals surface area contributed by atoms with E-state index in [1.165, 1.54) is 30.6 Å². The van der Waals surface area contributed by atoms with E-state index in [0.29, 0.717) is 16.3 Å². The lowest BCUT2D eigenvalue weighted by molar-refractivity contribution is -0.398. The van der Waals surface area contributed by atoms with E-state index in [9.17, 15) is 20.5 Å². The van der Waals surface area contributed by atoms with Gasteiger partial charge in [0.1, 0.15) is 22.6 Å². The van der Waals surface area contributed by atoms with Crippen LogP contribution in [-0.4, -0.2) is 24.1 Å². The van der Waals surface area contributed by atoms with Crippen molar-refractivity contribution in [2.24, 2.45) is 0 Å². The summed E-state index contributed by atoms with van der Waals surface area (Å²) in [6.45, 7) is 0. The van der Waals surface area contributed by atoms with Gasteiger partial charge in [-0.25, -0.2) is 4.98 Å². The molecule has 0 aliphatic rings. The Balaban J connectivity index is 1.99. The van der Waals surface area contributed by atoms with Crippen LogP contribution < -0.4 is 14.6 Å². The molecule has 8 nitrogen and oxygen atoms in total. The van der Waals surface area contributed by atoms with Crippen molar-refractivity contribution in [3.8, 4) is 34.6 Å². The molecule has 29 heavy (non-hydrogen) atoms. The first-order valence-corrected chi connectivity index (χ1v) is 9.10. The Hall–Kier alpha value is -3.90. The summed E-state index contributed by atoms with van der Waals surface area (Å²) in [5, 5.41) is 34.9. The molecule has 0 aliphatic carbocycles. The van der Waals surface area contributed by atoms with Crippen LogP contribution in [0.2, 0.25) is 0 Å². The number of ether oxygens (including phenoxy) is 2. The van der Waals surface area contributed by atoms with Crippen LogP contribution >= 0.6 is 11.3 Å². The van der Waals surface area contributed by atoms with E-state index in [0.717, 1.165) is 17.4 Å². The van der Waals surface area contributed by atoms with Gasteiger partial charge >= 0.3 is 0 Å². The van der Waals surface area contributed by atoms with Crippen LogP contribution in [0, 0.1) is 21.4 Å². The van der Waals surface area contributed by atoms with Crippen molar-refractivity contribution in [3.63, 3.8) is 0 Å². The van der Waals surface area contributed by atoms with Gasteiger partial charge in [0.05, 0.1) is 30.4 Å². The van der Waals surface area contributed by atoms with Crippen LogP contribution in [0.15, 0.2) is 41.8 Å². The fraction of sp³-hybridized carbons (Fsp3) is 0.100. The van der Waals surface area contributed by atoms with Gasteiger partial charge in [-0.1, -0.05) is 0 Å². The number of hydrogen-bond acceptors (Lipinski definition) is 8. The molecule has 0 amide bonds. The number of nitro groups is 1. The molecule has 0 radical (unpaired) electrons. The van der Waals surface area contributed by atoms with Gasteiger partial charge in [0.25, 0.3) is 5.69 Å². The van der Waals surface area contributed by atoms with Crippen molar-refractivity contribution in [1.29, 1.82) is 5.26 Å². The molecule has 0 spiro atoms. The molecule has 1 aromatic heterocycles. The van der Waals surface area contributed by atoms with Crippen LogP contribution in [0.5, 0.6) is 17.2 Å². The fourth-order valence-corrected chi connectivity index (χ4v) is 3.37. The normalized spacial score (nSPS) is 11.0. The van der Waals surface area contributed by atoms with Gasteiger partial charge < -0.3 is 14.6 Å². The number of aromatic nitrogens is 1. The topological polar surface area (TPSA) is 121 Å². The Morgan fingerprint density at radius 3 is 2.55 bits per heavy atom. The number of hydrogen-bond donors (Lipinski definition) is 0. The molecule has 1 heterocycles. The maximum atomic E-state index is 12.0. The number of rotatable bonds is 6. The Morgan fingerprint density at radius 2 is 1.97 bits per heavy atom. The lowest BCUT2D eigenvalue weighted by Crippen LogP contribution is -2.01. The molecule has 9 heteroatoms. The minimum atomic E-state index is -0.816. The second-order valence-electron chi connectivity index (χ2n) is 5.76. The predicted octanol–water partition coefficient (Wildman–Crippen LogP) is 3.87. The van der Waals surface area contributed by atoms with Crippen molar-refractivity contribution in [2.45, 2.75) is 0 Å². The number of methoxy groups -OCH3 is 2. The highest BCUT2D eigenvalue weighted by molar-refractivity contribution is 7.11. The van der Waals surface area contributed by atoms with Crippen molar-refractivity contribution >= 4 is 28.7 Å². The molecule has 0 unspecified atom stereocenters. The van der Waals surface area contributed by atoms with Gasteiger partial charge in [-0.2, -0.15) is 5.26 Å². The van der Waals surface area contributed by atoms with Crippen molar-refractivity contribution < 1.29 is 19.5 Å². The molecule has 0 saturated carbocycles. The fourth-order valence-electron chi connectivity index (χ4n) is 2.58. The van der Waals surface area contributed by atoms with E-state index in [1.807, 2.05) is 29.6 Å². The number of thiazole rings is 1. The van der Waals surface area contributed by atoms with E-state index >= 15 is 0 Å². The number of allylic oxidation sites excluding steroid dienone is 1. The van der Waals surface area contributed by atoms with Crippen molar-refractivity contribution in [1.82, 2.24) is 4.98 Å². The molecule has 0 fully saturated rings. The molecule has 3 aromatic rings. The highest BCUT2D eigenvalue weighted by Crippen LogP contribution is 2.36. The van der Waals surface area contributed by atoms with Gasteiger partial charge in [0, 0.05) is 22.8 Å². The molecule has 0 bridgehead atoms. The summed E-state index contributed by atoms with van der Waals surface area (Å²) in [4.78, 5) is 14.8. The molecule has 0 N–H and O–H groups in total. The molecular formula is C20H14N3O5S-. The monoisotopic (exact) mass is 408 g/mol. The molecule has 2 aromatic carbocycles. The molecule has 0 aliphatic heterocycles. The summed E-state index contributed by atoms with van der Waals surface area (Å²) in [5.41, 5.74) is 1.44. The quantitative estimate of drug-likeness (QED) is 0.345. The number of benzene rings is 2. The first kappa shape index (κ1) is 19.9. The Kier molecular flexibility index (Phi) is 5.76. The van der Waals surface area contributed by atoms with E-state index in [4.69, 9.17) is 9.47 Å². The zero-order valence-corrected chi connectivity index (χ0v) is 16.2. The van der Waals surface area contributed by atoms with E-state index in [1.54, 1.807) is 7.11 Å². The average Bonchev–Trinajstić information content (AvgIpc) is 3.22. The van der Waals surface area contributed by atoms with Crippen LogP contribution in [0.1, 0.15) is 10.6 Å². The number of nitrogens with zero attached hydrogens (tertiary/aromatic N) is 3. The smallest absolute Gasteiger partial charge is 0.266 e. The third kappa shape index (κ3) is 4.17. The highest BCUT2D eigenvalue weighted by Gasteiger charge is 2.15. The second kappa shape index (κ2) is 8.41. The maximum absolute atomic E-state index is 12.0. The summed E-state index contributed by atoms with van der Waals surface area (Å²) in [6, 6.07) is 11.8. The van der Waals surface area contributed by atoms with Crippen LogP contribution in [0.25, 0.3) is 22.9 Å². The highest BCUT2D eigenvalue weighted by atomic mass is 32.1. The van der Waals surface area contributed by atoms with Crippen LogP contribution in [0.4, 0.5) is 5.69 Å². The second-order valence-corrected chi connectivity index (χ2v) is 6.62. The minimum absolute atomic E-state index is 0.166. The average molecular weight is 408 g/mol. The molecule has 3 rings (SSSR count). The summed E-state index contributed by atoms with van der Waals surface area (Å²) in [6.07, 6.45) is 1.44. The third-order valence-electron chi connectivity index (χ3n) is 4.03. The van der Waals surface area contributed by atoms with Gasteiger partial charge in [-0.3, -0.25) is 10.1 Å². The van der Waals surface area contributed by atoms with E-state index in [2.05, 4.69) is 11.1 Å². The van der Waals surface area contributed by atoms with Gasteiger partial charge in [-0.15, -0.1) is 11.3 Å².